The number of benzene rings is 3. The average Bonchev–Trinajstić information content (AvgIpc) is 2.78. The molecule has 2 amide bonds. The number of carbonyl (C=O) groups excluding carboxylic acids is 2. The molecular weight excluding hydrogens is 419 g/mol. The molecule has 2 N–H and O–H groups in total. The number of anilines is 1. The summed E-state index contributed by atoms with van der Waals surface area (Å²) in [5.41, 5.74) is 2.78. The Bertz CT molecular complexity index is 1100. The van der Waals surface area contributed by atoms with Gasteiger partial charge in [-0.25, -0.2) is 4.39 Å². The molecule has 1 heterocycles. The van der Waals surface area contributed by atoms with E-state index in [1.165, 1.54) is 12.1 Å². The maximum Gasteiger partial charge on any atom is 0.255 e. The van der Waals surface area contributed by atoms with Gasteiger partial charge < -0.3 is 15.4 Å². The van der Waals surface area contributed by atoms with E-state index in [-0.39, 0.29) is 30.2 Å². The Kier molecular flexibility index (Phi) is 6.18. The Balaban J connectivity index is 1.38. The molecule has 4 rings (SSSR count). The van der Waals surface area contributed by atoms with Crippen molar-refractivity contribution in [1.29, 1.82) is 0 Å². The number of carbonyl (C=O) groups is 2. The molecule has 0 saturated carbocycles. The lowest BCUT2D eigenvalue weighted by Crippen LogP contribution is -2.37. The van der Waals surface area contributed by atoms with Crippen LogP contribution in [0.15, 0.2) is 66.7 Å². The minimum atomic E-state index is -0.352. The second kappa shape index (κ2) is 9.18. The highest BCUT2D eigenvalue weighted by molar-refractivity contribution is 6.30. The van der Waals surface area contributed by atoms with E-state index in [1.54, 1.807) is 48.5 Å². The summed E-state index contributed by atoms with van der Waals surface area (Å²) in [6.07, 6.45) is 0.495. The first-order valence-electron chi connectivity index (χ1n) is 9.83. The zero-order valence-electron chi connectivity index (χ0n) is 16.5. The number of ether oxygens (including phenoxy) is 1. The summed E-state index contributed by atoms with van der Waals surface area (Å²) in [6, 6.07) is 18.0. The van der Waals surface area contributed by atoms with Crippen molar-refractivity contribution in [1.82, 2.24) is 5.32 Å². The topological polar surface area (TPSA) is 67.4 Å². The Hall–Kier alpha value is -3.38. The summed E-state index contributed by atoms with van der Waals surface area (Å²) in [7, 11) is 0. The van der Waals surface area contributed by atoms with Gasteiger partial charge in [-0.1, -0.05) is 23.7 Å². The molecule has 158 valence electrons. The van der Waals surface area contributed by atoms with Crippen LogP contribution in [0.25, 0.3) is 0 Å². The minimum absolute atomic E-state index is 0.134. The molecule has 3 aromatic rings. The van der Waals surface area contributed by atoms with Crippen molar-refractivity contribution in [3.05, 3.63) is 94.3 Å². The molecule has 0 radical (unpaired) electrons. The van der Waals surface area contributed by atoms with E-state index in [0.717, 1.165) is 11.1 Å². The van der Waals surface area contributed by atoms with E-state index < -0.39 is 0 Å². The van der Waals surface area contributed by atoms with Crippen LogP contribution in [-0.2, 0) is 17.8 Å². The zero-order chi connectivity index (χ0) is 21.8. The first kappa shape index (κ1) is 20.9. The van der Waals surface area contributed by atoms with Crippen molar-refractivity contribution in [3.8, 4) is 5.75 Å². The van der Waals surface area contributed by atoms with E-state index in [1.807, 2.05) is 6.07 Å². The number of nitrogens with one attached hydrogen (secondary N) is 2. The molecule has 3 aromatic carbocycles. The lowest BCUT2D eigenvalue weighted by Gasteiger charge is -2.25. The molecule has 7 heteroatoms. The number of rotatable bonds is 5. The van der Waals surface area contributed by atoms with Gasteiger partial charge in [0.15, 0.2) is 0 Å². The first-order valence-corrected chi connectivity index (χ1v) is 10.2. The highest BCUT2D eigenvalue weighted by Crippen LogP contribution is 2.30. The molecule has 0 aromatic heterocycles. The van der Waals surface area contributed by atoms with Gasteiger partial charge in [0.05, 0.1) is 5.92 Å². The van der Waals surface area contributed by atoms with Gasteiger partial charge in [0.1, 0.15) is 18.2 Å². The van der Waals surface area contributed by atoms with Gasteiger partial charge in [-0.2, -0.15) is 0 Å². The Labute approximate surface area is 184 Å². The standard InChI is InChI=1S/C24H20ClFN2O3/c25-19-5-3-16(4-6-19)24(30)28-21-9-10-22-17(12-21)11-18(14-31-22)23(29)27-13-15-1-7-20(26)8-2-15/h1-10,12,18H,11,13-14H2,(H,27,29)(H,28,30)/t18-/m0/s1. The van der Waals surface area contributed by atoms with Gasteiger partial charge in [-0.05, 0) is 72.1 Å². The normalized spacial score (nSPS) is 14.8. The molecule has 0 spiro atoms. The number of halogens is 2. The third-order valence-corrected chi connectivity index (χ3v) is 5.33. The fourth-order valence-electron chi connectivity index (χ4n) is 3.38. The molecule has 5 nitrogen and oxygen atoms in total. The molecule has 1 atom stereocenters. The van der Waals surface area contributed by atoms with Crippen molar-refractivity contribution in [2.45, 2.75) is 13.0 Å². The second-order valence-corrected chi connectivity index (χ2v) is 7.78. The van der Waals surface area contributed by atoms with Crippen LogP contribution in [0.5, 0.6) is 5.75 Å². The minimum Gasteiger partial charge on any atom is -0.492 e. The number of hydrogen-bond donors (Lipinski definition) is 2. The molecule has 0 unspecified atom stereocenters. The van der Waals surface area contributed by atoms with Gasteiger partial charge in [0, 0.05) is 22.8 Å². The monoisotopic (exact) mass is 438 g/mol. The van der Waals surface area contributed by atoms with Crippen LogP contribution in [0.2, 0.25) is 5.02 Å². The summed E-state index contributed by atoms with van der Waals surface area (Å²) in [4.78, 5) is 25.0. The molecule has 0 saturated heterocycles. The predicted molar refractivity (Wildman–Crippen MR) is 117 cm³/mol. The lowest BCUT2D eigenvalue weighted by molar-refractivity contribution is -0.126. The molecule has 31 heavy (non-hydrogen) atoms. The van der Waals surface area contributed by atoms with Gasteiger partial charge >= 0.3 is 0 Å². The van der Waals surface area contributed by atoms with E-state index in [9.17, 15) is 14.0 Å². The van der Waals surface area contributed by atoms with Crippen molar-refractivity contribution in [3.63, 3.8) is 0 Å². The summed E-state index contributed by atoms with van der Waals surface area (Å²) >= 11 is 5.87. The van der Waals surface area contributed by atoms with Crippen molar-refractivity contribution in [2.75, 3.05) is 11.9 Å². The predicted octanol–water partition coefficient (Wildman–Crippen LogP) is 4.60. The molecule has 1 aliphatic rings. The summed E-state index contributed by atoms with van der Waals surface area (Å²) in [5.74, 6) is -0.346. The summed E-state index contributed by atoms with van der Waals surface area (Å²) < 4.78 is 18.8. The fourth-order valence-corrected chi connectivity index (χ4v) is 3.51. The van der Waals surface area contributed by atoms with Crippen LogP contribution in [-0.4, -0.2) is 18.4 Å². The van der Waals surface area contributed by atoms with Crippen molar-refractivity contribution >= 4 is 29.1 Å². The van der Waals surface area contributed by atoms with Gasteiger partial charge in [-0.15, -0.1) is 0 Å². The first-order chi connectivity index (χ1) is 15.0. The van der Waals surface area contributed by atoms with E-state index >= 15 is 0 Å². The summed E-state index contributed by atoms with van der Waals surface area (Å²) in [6.45, 7) is 0.596. The number of fused-ring (bicyclic) bond motifs is 1. The van der Waals surface area contributed by atoms with Crippen LogP contribution in [0.1, 0.15) is 21.5 Å². The third kappa shape index (κ3) is 5.22. The average molecular weight is 439 g/mol. The van der Waals surface area contributed by atoms with E-state index in [0.29, 0.717) is 35.0 Å². The smallest absolute Gasteiger partial charge is 0.255 e. The van der Waals surface area contributed by atoms with Gasteiger partial charge in [0.25, 0.3) is 5.91 Å². The summed E-state index contributed by atoms with van der Waals surface area (Å²) in [5, 5.41) is 6.29. The van der Waals surface area contributed by atoms with Gasteiger partial charge in [-0.3, -0.25) is 9.59 Å². The highest BCUT2D eigenvalue weighted by atomic mass is 35.5. The zero-order valence-corrected chi connectivity index (χ0v) is 17.3. The van der Waals surface area contributed by atoms with Crippen LogP contribution in [0.4, 0.5) is 10.1 Å². The van der Waals surface area contributed by atoms with Crippen LogP contribution >= 0.6 is 11.6 Å². The largest absolute Gasteiger partial charge is 0.492 e. The maximum absolute atomic E-state index is 13.0. The number of amides is 2. The molecule has 0 fully saturated rings. The quantitative estimate of drug-likeness (QED) is 0.611. The maximum atomic E-state index is 13.0. The Morgan fingerprint density at radius 2 is 1.77 bits per heavy atom. The van der Waals surface area contributed by atoms with Crippen LogP contribution in [0, 0.1) is 11.7 Å². The third-order valence-electron chi connectivity index (χ3n) is 5.08. The lowest BCUT2D eigenvalue weighted by atomic mass is 9.95. The van der Waals surface area contributed by atoms with Crippen LogP contribution in [0.3, 0.4) is 0 Å². The SMILES string of the molecule is O=C(Nc1ccc2c(c1)C[C@H](C(=O)NCc1ccc(F)cc1)CO2)c1ccc(Cl)cc1. The molecule has 0 aliphatic carbocycles. The van der Waals surface area contributed by atoms with Crippen molar-refractivity contribution < 1.29 is 18.7 Å². The second-order valence-electron chi connectivity index (χ2n) is 7.34. The Morgan fingerprint density at radius 3 is 2.52 bits per heavy atom. The van der Waals surface area contributed by atoms with Crippen LogP contribution < -0.4 is 15.4 Å². The van der Waals surface area contributed by atoms with Crippen molar-refractivity contribution in [2.24, 2.45) is 5.92 Å². The number of hydrogen-bond acceptors (Lipinski definition) is 3. The molecular formula is C24H20ClFN2O3. The Morgan fingerprint density at radius 1 is 1.03 bits per heavy atom. The molecule has 1 aliphatic heterocycles. The van der Waals surface area contributed by atoms with E-state index in [4.69, 9.17) is 16.3 Å². The molecule has 0 bridgehead atoms. The highest BCUT2D eigenvalue weighted by Gasteiger charge is 2.26. The van der Waals surface area contributed by atoms with Gasteiger partial charge in [0.2, 0.25) is 5.91 Å². The van der Waals surface area contributed by atoms with E-state index in [2.05, 4.69) is 10.6 Å². The fraction of sp³-hybridized carbons (Fsp3) is 0.167.